The highest BCUT2D eigenvalue weighted by Crippen LogP contribution is 2.34. The predicted octanol–water partition coefficient (Wildman–Crippen LogP) is 1.31. The summed E-state index contributed by atoms with van der Waals surface area (Å²) in [6.45, 7) is 6.44. The number of hydrogen-bond donors (Lipinski definition) is 2. The third-order valence-corrected chi connectivity index (χ3v) is 7.44. The van der Waals surface area contributed by atoms with Crippen molar-refractivity contribution in [1.82, 2.24) is 9.80 Å². The predicted molar refractivity (Wildman–Crippen MR) is 132 cm³/mol. The molecule has 11 heteroatoms. The van der Waals surface area contributed by atoms with E-state index in [0.717, 1.165) is 37.3 Å². The molecular formula is C22H28BrN5O4S. The fraction of sp³-hybridized carbons (Fsp3) is 0.500. The van der Waals surface area contributed by atoms with Gasteiger partial charge in [0.2, 0.25) is 5.91 Å². The summed E-state index contributed by atoms with van der Waals surface area (Å²) in [6, 6.07) is 7.31. The van der Waals surface area contributed by atoms with Gasteiger partial charge in [0.25, 0.3) is 5.91 Å². The van der Waals surface area contributed by atoms with E-state index in [2.05, 4.69) is 26.1 Å². The molecule has 1 aromatic rings. The highest BCUT2D eigenvalue weighted by Gasteiger charge is 2.40. The highest BCUT2D eigenvalue weighted by atomic mass is 79.9. The summed E-state index contributed by atoms with van der Waals surface area (Å²) < 4.78 is 11.7. The molecule has 0 spiro atoms. The van der Waals surface area contributed by atoms with Gasteiger partial charge in [0.1, 0.15) is 10.3 Å². The molecule has 0 saturated carbocycles. The molecule has 0 radical (unpaired) electrons. The lowest BCUT2D eigenvalue weighted by atomic mass is 10.1. The number of aliphatic imine (C=N–C) groups is 1. The number of hydrogen-bond acceptors (Lipinski definition) is 8. The largest absolute Gasteiger partial charge is 0.400 e. The second kappa shape index (κ2) is 11.5. The van der Waals surface area contributed by atoms with Gasteiger partial charge in [-0.2, -0.15) is 0 Å². The Morgan fingerprint density at radius 3 is 2.39 bits per heavy atom. The number of nitrogens with zero attached hydrogens (tertiary/aromatic N) is 3. The van der Waals surface area contributed by atoms with Crippen molar-refractivity contribution in [1.29, 1.82) is 0 Å². The molecule has 3 aliphatic rings. The molecule has 0 aliphatic carbocycles. The smallest absolute Gasteiger partial charge is 0.258 e. The molecule has 2 amide bonds. The normalized spacial score (nSPS) is 23.2. The van der Waals surface area contributed by atoms with Crippen LogP contribution in [-0.4, -0.2) is 97.6 Å². The van der Waals surface area contributed by atoms with Crippen molar-refractivity contribution in [3.8, 4) is 0 Å². The van der Waals surface area contributed by atoms with Gasteiger partial charge in [0, 0.05) is 48.6 Å². The Labute approximate surface area is 205 Å². The van der Waals surface area contributed by atoms with Crippen LogP contribution in [0.4, 0.5) is 5.69 Å². The summed E-state index contributed by atoms with van der Waals surface area (Å²) in [5, 5.41) is 2.72. The standard InChI is InChI=1S/C22H28BrN5O4S/c23-15-1-3-16(4-2-15)26-20(29)19-18(24)17(22(30)28-9-13-32-14-10-28)21(33-19)25-5-6-27-7-11-31-12-8-27/h1-4,19H,5-14,24H2,(H,26,29). The average molecular weight is 538 g/mol. The van der Waals surface area contributed by atoms with Gasteiger partial charge in [-0.25, -0.2) is 0 Å². The molecule has 0 bridgehead atoms. The Morgan fingerprint density at radius 1 is 1.09 bits per heavy atom. The highest BCUT2D eigenvalue weighted by molar-refractivity contribution is 9.10. The number of morpholine rings is 2. The van der Waals surface area contributed by atoms with E-state index in [1.54, 1.807) is 17.0 Å². The van der Waals surface area contributed by atoms with Gasteiger partial charge < -0.3 is 25.4 Å². The van der Waals surface area contributed by atoms with Gasteiger partial charge in [-0.1, -0.05) is 27.7 Å². The molecule has 3 N–H and O–H groups in total. The summed E-state index contributed by atoms with van der Waals surface area (Å²) in [5.41, 5.74) is 7.69. The molecule has 1 aromatic carbocycles. The Hall–Kier alpha value is -1.92. The maximum Gasteiger partial charge on any atom is 0.258 e. The number of anilines is 1. The van der Waals surface area contributed by atoms with Crippen molar-refractivity contribution in [2.45, 2.75) is 5.25 Å². The molecule has 3 aliphatic heterocycles. The molecule has 0 aromatic heterocycles. The molecule has 4 rings (SSSR count). The van der Waals surface area contributed by atoms with Crippen LogP contribution in [0.3, 0.4) is 0 Å². The van der Waals surface area contributed by atoms with Gasteiger partial charge in [0.15, 0.2) is 0 Å². The van der Waals surface area contributed by atoms with Crippen molar-refractivity contribution >= 4 is 50.2 Å². The third-order valence-electron chi connectivity index (χ3n) is 5.65. The average Bonchev–Trinajstić information content (AvgIpc) is 3.17. The van der Waals surface area contributed by atoms with Crippen molar-refractivity contribution in [2.24, 2.45) is 10.7 Å². The fourth-order valence-corrected chi connectivity index (χ4v) is 5.19. The Kier molecular flexibility index (Phi) is 8.42. The monoisotopic (exact) mass is 537 g/mol. The number of carbonyl (C=O) groups is 2. The van der Waals surface area contributed by atoms with Gasteiger partial charge in [-0.15, -0.1) is 0 Å². The maximum absolute atomic E-state index is 13.3. The lowest BCUT2D eigenvalue weighted by molar-refractivity contribution is -0.130. The summed E-state index contributed by atoms with van der Waals surface area (Å²) in [6.07, 6.45) is 0. The summed E-state index contributed by atoms with van der Waals surface area (Å²) in [4.78, 5) is 35.1. The van der Waals surface area contributed by atoms with Gasteiger partial charge in [-0.3, -0.25) is 19.5 Å². The molecule has 178 valence electrons. The van der Waals surface area contributed by atoms with Crippen LogP contribution in [0, 0.1) is 0 Å². The van der Waals surface area contributed by atoms with Crippen molar-refractivity contribution in [3.05, 3.63) is 40.0 Å². The van der Waals surface area contributed by atoms with Crippen molar-refractivity contribution in [2.75, 3.05) is 71.0 Å². The Morgan fingerprint density at radius 2 is 1.73 bits per heavy atom. The molecular weight excluding hydrogens is 510 g/mol. The number of amides is 2. The lowest BCUT2D eigenvalue weighted by Gasteiger charge is -2.27. The van der Waals surface area contributed by atoms with E-state index < -0.39 is 5.25 Å². The number of ether oxygens (including phenoxy) is 2. The molecule has 2 fully saturated rings. The summed E-state index contributed by atoms with van der Waals surface area (Å²) in [5.74, 6) is -0.460. The number of nitrogens with one attached hydrogen (secondary N) is 1. The quantitative estimate of drug-likeness (QED) is 0.562. The van der Waals surface area contributed by atoms with E-state index in [1.165, 1.54) is 11.8 Å². The fourth-order valence-electron chi connectivity index (χ4n) is 3.80. The van der Waals surface area contributed by atoms with Gasteiger partial charge >= 0.3 is 0 Å². The van der Waals surface area contributed by atoms with E-state index in [9.17, 15) is 9.59 Å². The molecule has 3 heterocycles. The van der Waals surface area contributed by atoms with Crippen LogP contribution in [0.15, 0.2) is 45.0 Å². The number of nitrogens with two attached hydrogens (primary N) is 1. The Bertz CT molecular complexity index is 927. The molecule has 1 unspecified atom stereocenters. The first-order chi connectivity index (χ1) is 16.0. The SMILES string of the molecule is NC1=C(C(=O)N2CCOCC2)C(=NCCN2CCOCC2)SC1C(=O)Nc1ccc(Br)cc1. The maximum atomic E-state index is 13.3. The summed E-state index contributed by atoms with van der Waals surface area (Å²) >= 11 is 4.63. The van der Waals surface area contributed by atoms with E-state index in [0.29, 0.717) is 49.2 Å². The molecule has 33 heavy (non-hydrogen) atoms. The van der Waals surface area contributed by atoms with E-state index >= 15 is 0 Å². The Balaban J connectivity index is 1.51. The molecule has 1 atom stereocenters. The van der Waals surface area contributed by atoms with Crippen LogP contribution in [-0.2, 0) is 19.1 Å². The van der Waals surface area contributed by atoms with E-state index in [4.69, 9.17) is 20.2 Å². The topological polar surface area (TPSA) is 109 Å². The number of benzene rings is 1. The molecule has 2 saturated heterocycles. The third kappa shape index (κ3) is 6.15. The van der Waals surface area contributed by atoms with E-state index in [-0.39, 0.29) is 17.5 Å². The second-order valence-electron chi connectivity index (χ2n) is 7.87. The van der Waals surface area contributed by atoms with E-state index in [1.807, 2.05) is 12.1 Å². The minimum absolute atomic E-state index is 0.188. The minimum atomic E-state index is -0.712. The zero-order valence-corrected chi connectivity index (χ0v) is 20.7. The lowest BCUT2D eigenvalue weighted by Crippen LogP contribution is -2.42. The second-order valence-corrected chi connectivity index (χ2v) is 9.88. The number of halogens is 1. The first-order valence-corrected chi connectivity index (χ1v) is 12.6. The van der Waals surface area contributed by atoms with Crippen molar-refractivity contribution < 1.29 is 19.1 Å². The van der Waals surface area contributed by atoms with Crippen LogP contribution in [0.1, 0.15) is 0 Å². The van der Waals surface area contributed by atoms with Crippen LogP contribution in [0.25, 0.3) is 0 Å². The van der Waals surface area contributed by atoms with Crippen molar-refractivity contribution in [3.63, 3.8) is 0 Å². The van der Waals surface area contributed by atoms with Crippen LogP contribution in [0.5, 0.6) is 0 Å². The first kappa shape index (κ1) is 24.2. The number of rotatable bonds is 6. The number of thioether (sulfide) groups is 1. The van der Waals surface area contributed by atoms with Crippen LogP contribution < -0.4 is 11.1 Å². The van der Waals surface area contributed by atoms with Gasteiger partial charge in [0.05, 0.1) is 38.5 Å². The van der Waals surface area contributed by atoms with Crippen LogP contribution in [0.2, 0.25) is 0 Å². The molecule has 9 nitrogen and oxygen atoms in total. The minimum Gasteiger partial charge on any atom is -0.400 e. The van der Waals surface area contributed by atoms with Crippen LogP contribution >= 0.6 is 27.7 Å². The van der Waals surface area contributed by atoms with Gasteiger partial charge in [-0.05, 0) is 24.3 Å². The zero-order valence-electron chi connectivity index (χ0n) is 18.3. The number of carbonyl (C=O) groups excluding carboxylic acids is 2. The summed E-state index contributed by atoms with van der Waals surface area (Å²) in [7, 11) is 0. The zero-order chi connectivity index (χ0) is 23.2. The first-order valence-electron chi connectivity index (χ1n) is 11.0.